The highest BCUT2D eigenvalue weighted by Crippen LogP contribution is 2.24. The fraction of sp³-hybridized carbons (Fsp3) is 0.167. The van der Waals surface area contributed by atoms with E-state index in [9.17, 15) is 9.59 Å². The van der Waals surface area contributed by atoms with Crippen LogP contribution in [0.3, 0.4) is 0 Å². The Hall–Kier alpha value is -3.80. The average Bonchev–Trinajstić information content (AvgIpc) is 2.75. The Kier molecular flexibility index (Phi) is 6.70. The summed E-state index contributed by atoms with van der Waals surface area (Å²) in [5, 5.41) is 8.81. The molecule has 0 aliphatic rings. The molecule has 0 saturated heterocycles. The van der Waals surface area contributed by atoms with Gasteiger partial charge in [-0.1, -0.05) is 24.3 Å². The highest BCUT2D eigenvalue weighted by atomic mass is 16.5. The Morgan fingerprint density at radius 2 is 1.53 bits per heavy atom. The van der Waals surface area contributed by atoms with Crippen molar-refractivity contribution in [1.29, 1.82) is 0 Å². The molecule has 3 aromatic carbocycles. The van der Waals surface area contributed by atoms with E-state index >= 15 is 0 Å². The molecule has 3 N–H and O–H groups in total. The summed E-state index contributed by atoms with van der Waals surface area (Å²) in [5.74, 6) is 0.169. The minimum atomic E-state index is -0.256. The van der Waals surface area contributed by atoms with Gasteiger partial charge >= 0.3 is 0 Å². The number of benzene rings is 3. The van der Waals surface area contributed by atoms with Crippen LogP contribution in [0.4, 0.5) is 17.1 Å². The van der Waals surface area contributed by atoms with Crippen LogP contribution in [-0.4, -0.2) is 25.5 Å². The number of ether oxygens (including phenoxy) is 1. The molecule has 0 atom stereocenters. The summed E-state index contributed by atoms with van der Waals surface area (Å²) < 4.78 is 5.25. The summed E-state index contributed by atoms with van der Waals surface area (Å²) in [6.45, 7) is 4.21. The number of para-hydroxylation sites is 2. The van der Waals surface area contributed by atoms with Gasteiger partial charge in [-0.2, -0.15) is 0 Å². The number of methoxy groups -OCH3 is 1. The van der Waals surface area contributed by atoms with Crippen molar-refractivity contribution in [3.05, 3.63) is 83.4 Å². The third-order valence-electron chi connectivity index (χ3n) is 4.83. The smallest absolute Gasteiger partial charge is 0.255 e. The second-order valence-corrected chi connectivity index (χ2v) is 6.88. The molecule has 6 nitrogen and oxygen atoms in total. The predicted octanol–water partition coefficient (Wildman–Crippen LogP) is 4.61. The molecule has 30 heavy (non-hydrogen) atoms. The summed E-state index contributed by atoms with van der Waals surface area (Å²) in [7, 11) is 1.55. The van der Waals surface area contributed by atoms with Crippen molar-refractivity contribution >= 4 is 28.9 Å². The SMILES string of the molecule is COc1ccccc1NC(=O)c1ccc(NC(=O)CNc2cccc(C)c2C)cc1. The molecular weight excluding hydrogens is 378 g/mol. The minimum Gasteiger partial charge on any atom is -0.495 e. The zero-order chi connectivity index (χ0) is 21.5. The molecule has 3 rings (SSSR count). The highest BCUT2D eigenvalue weighted by molar-refractivity contribution is 6.05. The van der Waals surface area contributed by atoms with Gasteiger partial charge in [0.15, 0.2) is 0 Å². The van der Waals surface area contributed by atoms with Crippen molar-refractivity contribution in [2.24, 2.45) is 0 Å². The second-order valence-electron chi connectivity index (χ2n) is 6.88. The van der Waals surface area contributed by atoms with Crippen LogP contribution in [0.15, 0.2) is 66.7 Å². The van der Waals surface area contributed by atoms with E-state index in [4.69, 9.17) is 4.74 Å². The topological polar surface area (TPSA) is 79.5 Å². The van der Waals surface area contributed by atoms with E-state index < -0.39 is 0 Å². The van der Waals surface area contributed by atoms with Gasteiger partial charge in [0.25, 0.3) is 5.91 Å². The van der Waals surface area contributed by atoms with Crippen molar-refractivity contribution in [1.82, 2.24) is 0 Å². The lowest BCUT2D eigenvalue weighted by Crippen LogP contribution is -2.22. The molecule has 0 aliphatic heterocycles. The van der Waals surface area contributed by atoms with Crippen LogP contribution in [-0.2, 0) is 4.79 Å². The number of hydrogen-bond acceptors (Lipinski definition) is 4. The van der Waals surface area contributed by atoms with Crippen LogP contribution in [0.5, 0.6) is 5.75 Å². The van der Waals surface area contributed by atoms with Crippen molar-refractivity contribution < 1.29 is 14.3 Å². The fourth-order valence-electron chi connectivity index (χ4n) is 2.97. The summed E-state index contributed by atoms with van der Waals surface area (Å²) in [5.41, 5.74) is 4.93. The number of aryl methyl sites for hydroxylation is 1. The van der Waals surface area contributed by atoms with Gasteiger partial charge in [0.1, 0.15) is 5.75 Å². The van der Waals surface area contributed by atoms with Crippen LogP contribution < -0.4 is 20.7 Å². The van der Waals surface area contributed by atoms with E-state index in [-0.39, 0.29) is 18.4 Å². The number of carbonyl (C=O) groups excluding carboxylic acids is 2. The van der Waals surface area contributed by atoms with E-state index in [0.717, 1.165) is 11.3 Å². The molecule has 6 heteroatoms. The van der Waals surface area contributed by atoms with E-state index in [2.05, 4.69) is 16.0 Å². The minimum absolute atomic E-state index is 0.153. The first kappa shape index (κ1) is 20.9. The van der Waals surface area contributed by atoms with Crippen molar-refractivity contribution in [2.45, 2.75) is 13.8 Å². The van der Waals surface area contributed by atoms with Crippen LogP contribution in [0.2, 0.25) is 0 Å². The molecular formula is C24H25N3O3. The van der Waals surface area contributed by atoms with Crippen molar-refractivity contribution in [2.75, 3.05) is 29.6 Å². The molecule has 0 aromatic heterocycles. The molecule has 0 aliphatic carbocycles. The average molecular weight is 403 g/mol. The molecule has 0 fully saturated rings. The van der Waals surface area contributed by atoms with Crippen LogP contribution in [0.1, 0.15) is 21.5 Å². The normalized spacial score (nSPS) is 10.2. The molecule has 0 radical (unpaired) electrons. The highest BCUT2D eigenvalue weighted by Gasteiger charge is 2.10. The molecule has 3 aromatic rings. The molecule has 0 spiro atoms. The second kappa shape index (κ2) is 9.60. The molecule has 0 saturated carbocycles. The Morgan fingerprint density at radius 1 is 0.833 bits per heavy atom. The first-order valence-electron chi connectivity index (χ1n) is 9.62. The Labute approximate surface area is 176 Å². The quantitative estimate of drug-likeness (QED) is 0.538. The number of carbonyl (C=O) groups is 2. The summed E-state index contributed by atoms with van der Waals surface area (Å²) in [6, 6.07) is 19.9. The molecule has 0 heterocycles. The van der Waals surface area contributed by atoms with E-state index in [1.54, 1.807) is 43.5 Å². The van der Waals surface area contributed by atoms with Crippen molar-refractivity contribution in [3.8, 4) is 5.75 Å². The Bertz CT molecular complexity index is 1050. The van der Waals surface area contributed by atoms with Gasteiger partial charge in [-0.15, -0.1) is 0 Å². The van der Waals surface area contributed by atoms with Gasteiger partial charge in [0.05, 0.1) is 19.3 Å². The lowest BCUT2D eigenvalue weighted by molar-refractivity contribution is -0.114. The molecule has 2 amide bonds. The first-order valence-corrected chi connectivity index (χ1v) is 9.62. The molecule has 0 bridgehead atoms. The van der Waals surface area contributed by atoms with Gasteiger partial charge in [-0.25, -0.2) is 0 Å². The summed E-state index contributed by atoms with van der Waals surface area (Å²) >= 11 is 0. The molecule has 0 unspecified atom stereocenters. The Morgan fingerprint density at radius 3 is 2.27 bits per heavy atom. The third-order valence-corrected chi connectivity index (χ3v) is 4.83. The zero-order valence-electron chi connectivity index (χ0n) is 17.3. The van der Waals surface area contributed by atoms with E-state index in [1.165, 1.54) is 5.56 Å². The largest absolute Gasteiger partial charge is 0.495 e. The van der Waals surface area contributed by atoms with Crippen LogP contribution in [0, 0.1) is 13.8 Å². The third kappa shape index (κ3) is 5.17. The number of anilines is 3. The molecule has 154 valence electrons. The number of rotatable bonds is 7. The maximum atomic E-state index is 12.5. The zero-order valence-corrected chi connectivity index (χ0v) is 17.3. The van der Waals surface area contributed by atoms with E-state index in [1.807, 2.05) is 44.2 Å². The van der Waals surface area contributed by atoms with Crippen LogP contribution in [0.25, 0.3) is 0 Å². The van der Waals surface area contributed by atoms with Gasteiger partial charge < -0.3 is 20.7 Å². The van der Waals surface area contributed by atoms with Crippen LogP contribution >= 0.6 is 0 Å². The van der Waals surface area contributed by atoms with Gasteiger partial charge in [-0.3, -0.25) is 9.59 Å². The number of nitrogens with one attached hydrogen (secondary N) is 3. The number of amides is 2. The van der Waals surface area contributed by atoms with Gasteiger partial charge in [-0.05, 0) is 67.4 Å². The van der Waals surface area contributed by atoms with Gasteiger partial charge in [0, 0.05) is 16.9 Å². The lowest BCUT2D eigenvalue weighted by atomic mass is 10.1. The summed E-state index contributed by atoms with van der Waals surface area (Å²) in [4.78, 5) is 24.7. The van der Waals surface area contributed by atoms with E-state index in [0.29, 0.717) is 22.7 Å². The maximum absolute atomic E-state index is 12.5. The van der Waals surface area contributed by atoms with Gasteiger partial charge in [0.2, 0.25) is 5.91 Å². The number of hydrogen-bond donors (Lipinski definition) is 3. The lowest BCUT2D eigenvalue weighted by Gasteiger charge is -2.12. The first-order chi connectivity index (χ1) is 14.5. The monoisotopic (exact) mass is 403 g/mol. The predicted molar refractivity (Wildman–Crippen MR) is 120 cm³/mol. The standard InChI is InChI=1S/C24H25N3O3/c1-16-7-6-9-20(17(16)2)25-15-23(28)26-19-13-11-18(12-14-19)24(29)27-21-8-4-5-10-22(21)30-3/h4-14,25H,15H2,1-3H3,(H,26,28)(H,27,29). The fourth-order valence-corrected chi connectivity index (χ4v) is 2.97. The van der Waals surface area contributed by atoms with Crippen molar-refractivity contribution in [3.63, 3.8) is 0 Å². The maximum Gasteiger partial charge on any atom is 0.255 e. The Balaban J connectivity index is 1.56. The summed E-state index contributed by atoms with van der Waals surface area (Å²) in [6.07, 6.45) is 0.